The molecule has 2 saturated heterocycles. The van der Waals surface area contributed by atoms with Crippen molar-refractivity contribution in [2.45, 2.75) is 69.1 Å². The molecule has 2 N–H and O–H groups in total. The summed E-state index contributed by atoms with van der Waals surface area (Å²) in [6, 6.07) is 30.0. The van der Waals surface area contributed by atoms with E-state index < -0.39 is 11.9 Å². The highest BCUT2D eigenvalue weighted by Crippen LogP contribution is 2.50. The number of rotatable bonds is 12. The molecular weight excluding hydrogens is 695 g/mol. The zero-order valence-corrected chi connectivity index (χ0v) is 31.0. The second-order valence-corrected chi connectivity index (χ2v) is 16.0. The van der Waals surface area contributed by atoms with Gasteiger partial charge in [0.2, 0.25) is 11.8 Å². The van der Waals surface area contributed by atoms with Crippen LogP contribution in [0.2, 0.25) is 0 Å². The van der Waals surface area contributed by atoms with E-state index in [0.717, 1.165) is 56.6 Å². The van der Waals surface area contributed by atoms with Gasteiger partial charge in [-0.1, -0.05) is 48.5 Å². The van der Waals surface area contributed by atoms with Crippen LogP contribution in [-0.4, -0.2) is 84.2 Å². The molecule has 1 saturated carbocycles. The van der Waals surface area contributed by atoms with E-state index in [4.69, 9.17) is 14.2 Å². The molecule has 3 amide bonds. The lowest BCUT2D eigenvalue weighted by atomic mass is 9.62. The number of imide groups is 1. The number of likely N-dealkylation sites (tertiary alicyclic amines) is 1. The van der Waals surface area contributed by atoms with Crippen LogP contribution in [0.4, 0.5) is 0 Å². The third kappa shape index (κ3) is 7.21. The van der Waals surface area contributed by atoms with Crippen LogP contribution in [0.25, 0.3) is 0 Å². The predicted molar refractivity (Wildman–Crippen MR) is 205 cm³/mol. The number of benzene rings is 4. The lowest BCUT2D eigenvalue weighted by Gasteiger charge is -2.58. The summed E-state index contributed by atoms with van der Waals surface area (Å²) in [5.74, 6) is 1.60. The van der Waals surface area contributed by atoms with Gasteiger partial charge in [0.05, 0.1) is 12.7 Å². The Morgan fingerprint density at radius 2 is 1.55 bits per heavy atom. The highest BCUT2D eigenvalue weighted by atomic mass is 16.5. The molecule has 0 unspecified atom stereocenters. The van der Waals surface area contributed by atoms with Crippen LogP contribution in [0.5, 0.6) is 17.2 Å². The van der Waals surface area contributed by atoms with Gasteiger partial charge < -0.3 is 24.2 Å². The van der Waals surface area contributed by atoms with E-state index in [9.17, 15) is 19.5 Å². The Balaban J connectivity index is 0.690. The standard InChI is InChI=1S/C45H47N3O7/c49-33-9-14-38-31(22-33)8-13-37(29-4-2-1-3-5-29)42(38)30-6-10-34(11-7-30)53-19-18-47-27-45(28-47)24-36(25-45)55-21-20-54-35-12-15-39-32(23-35)26-48(44(39)52)40-16-17-41(50)46-43(40)51/h1-7,9-12,14-15,22-23,36-37,40,42,49H,8,13,16-21,24-28H2,(H,46,50,51)/t37-,40-,42+/m0/s1. The molecule has 284 valence electrons. The Labute approximate surface area is 321 Å². The maximum Gasteiger partial charge on any atom is 0.255 e. The molecular formula is C45H47N3O7. The van der Waals surface area contributed by atoms with Crippen LogP contribution in [0.3, 0.4) is 0 Å². The maximum atomic E-state index is 12.9. The summed E-state index contributed by atoms with van der Waals surface area (Å²) in [7, 11) is 0. The summed E-state index contributed by atoms with van der Waals surface area (Å²) in [6.45, 7) is 4.95. The number of phenols is 1. The van der Waals surface area contributed by atoms with Gasteiger partial charge >= 0.3 is 0 Å². The number of hydrogen-bond donors (Lipinski definition) is 2. The average Bonchev–Trinajstić information content (AvgIpc) is 3.49. The normalized spacial score (nSPS) is 23.1. The van der Waals surface area contributed by atoms with Crippen molar-refractivity contribution in [3.05, 3.63) is 124 Å². The summed E-state index contributed by atoms with van der Waals surface area (Å²) in [5, 5.41) is 12.5. The van der Waals surface area contributed by atoms with Gasteiger partial charge in [-0.05, 0) is 108 Å². The third-order valence-electron chi connectivity index (χ3n) is 12.4. The number of nitrogens with one attached hydrogen (secondary N) is 1. The first-order chi connectivity index (χ1) is 26.8. The minimum absolute atomic E-state index is 0.187. The summed E-state index contributed by atoms with van der Waals surface area (Å²) in [4.78, 5) is 40.8. The minimum Gasteiger partial charge on any atom is -0.508 e. The highest BCUT2D eigenvalue weighted by Gasteiger charge is 2.52. The molecule has 3 heterocycles. The van der Waals surface area contributed by atoms with Crippen molar-refractivity contribution in [2.24, 2.45) is 5.41 Å². The molecule has 4 aromatic rings. The fourth-order valence-corrected chi connectivity index (χ4v) is 9.70. The number of aromatic hydroxyl groups is 1. The molecule has 2 aliphatic carbocycles. The fourth-order valence-electron chi connectivity index (χ4n) is 9.70. The Bertz CT molecular complexity index is 2070. The Hall–Kier alpha value is -5.19. The number of aryl methyl sites for hydroxylation is 1. The third-order valence-corrected chi connectivity index (χ3v) is 12.4. The van der Waals surface area contributed by atoms with Crippen molar-refractivity contribution in [1.82, 2.24) is 15.1 Å². The molecule has 10 nitrogen and oxygen atoms in total. The van der Waals surface area contributed by atoms with Crippen molar-refractivity contribution >= 4 is 17.7 Å². The van der Waals surface area contributed by atoms with Crippen LogP contribution in [0.15, 0.2) is 91.0 Å². The van der Waals surface area contributed by atoms with Crippen LogP contribution >= 0.6 is 0 Å². The summed E-state index contributed by atoms with van der Waals surface area (Å²) in [6.07, 6.45) is 4.97. The van der Waals surface area contributed by atoms with Crippen molar-refractivity contribution in [3.8, 4) is 17.2 Å². The van der Waals surface area contributed by atoms with Crippen LogP contribution in [-0.2, 0) is 27.3 Å². The highest BCUT2D eigenvalue weighted by molar-refractivity contribution is 6.05. The van der Waals surface area contributed by atoms with Crippen molar-refractivity contribution in [3.63, 3.8) is 0 Å². The summed E-state index contributed by atoms with van der Waals surface area (Å²) in [5.41, 5.74) is 6.92. The Kier molecular flexibility index (Phi) is 9.56. The van der Waals surface area contributed by atoms with Gasteiger partial charge in [-0.3, -0.25) is 24.6 Å². The number of nitrogens with zero attached hydrogens (tertiary/aromatic N) is 2. The van der Waals surface area contributed by atoms with Gasteiger partial charge in [-0.15, -0.1) is 0 Å². The molecule has 3 aliphatic heterocycles. The molecule has 1 spiro atoms. The maximum absolute atomic E-state index is 12.9. The molecule has 9 rings (SSSR count). The first kappa shape index (κ1) is 35.5. The van der Waals surface area contributed by atoms with Crippen molar-refractivity contribution in [2.75, 3.05) is 39.5 Å². The predicted octanol–water partition coefficient (Wildman–Crippen LogP) is 5.95. The van der Waals surface area contributed by atoms with Crippen LogP contribution < -0.4 is 14.8 Å². The number of hydrogen-bond acceptors (Lipinski definition) is 8. The first-order valence-corrected chi connectivity index (χ1v) is 19.6. The number of ether oxygens (including phenoxy) is 3. The quantitative estimate of drug-likeness (QED) is 0.135. The van der Waals surface area contributed by atoms with Gasteiger partial charge in [0.1, 0.15) is 36.5 Å². The molecule has 4 aromatic carbocycles. The topological polar surface area (TPSA) is 118 Å². The molecule has 3 fully saturated rings. The number of piperidine rings is 1. The number of phenolic OH excluding ortho intramolecular Hbond substituents is 1. The largest absolute Gasteiger partial charge is 0.508 e. The van der Waals surface area contributed by atoms with Crippen molar-refractivity contribution in [1.29, 1.82) is 0 Å². The molecule has 0 aromatic heterocycles. The molecule has 55 heavy (non-hydrogen) atoms. The van der Waals surface area contributed by atoms with E-state index in [2.05, 4.69) is 70.9 Å². The Morgan fingerprint density at radius 3 is 2.35 bits per heavy atom. The second kappa shape index (κ2) is 14.8. The number of carbonyl (C=O) groups is 3. The average molecular weight is 742 g/mol. The van der Waals surface area contributed by atoms with Crippen molar-refractivity contribution < 1.29 is 33.7 Å². The SMILES string of the molecule is O=C1CC[C@H](N2Cc3cc(OCCOC4CC5(C4)CN(CCOc4ccc([C@H]6c7ccc(O)cc7CC[C@H]6c6ccccc6)cc4)C5)ccc3C2=O)C(=O)N1. The molecule has 0 bridgehead atoms. The summed E-state index contributed by atoms with van der Waals surface area (Å²) >= 11 is 0. The Morgan fingerprint density at radius 1 is 0.764 bits per heavy atom. The van der Waals surface area contributed by atoms with E-state index in [-0.39, 0.29) is 30.3 Å². The van der Waals surface area contributed by atoms with Crippen LogP contribution in [0, 0.1) is 5.41 Å². The second-order valence-electron chi connectivity index (χ2n) is 16.0. The lowest BCUT2D eigenvalue weighted by molar-refractivity contribution is -0.154. The molecule has 0 radical (unpaired) electrons. The van der Waals surface area contributed by atoms with E-state index in [0.29, 0.717) is 61.2 Å². The molecule has 10 heteroatoms. The van der Waals surface area contributed by atoms with E-state index in [1.165, 1.54) is 22.3 Å². The van der Waals surface area contributed by atoms with Gasteiger partial charge in [0, 0.05) is 49.5 Å². The van der Waals surface area contributed by atoms with E-state index in [1.807, 2.05) is 18.2 Å². The lowest BCUT2D eigenvalue weighted by Crippen LogP contribution is -2.64. The number of fused-ring (bicyclic) bond motifs is 2. The van der Waals surface area contributed by atoms with Gasteiger partial charge in [0.25, 0.3) is 5.91 Å². The fraction of sp³-hybridized carbons (Fsp3) is 0.400. The molecule has 3 atom stereocenters. The zero-order chi connectivity index (χ0) is 37.5. The van der Waals surface area contributed by atoms with E-state index in [1.54, 1.807) is 17.0 Å². The van der Waals surface area contributed by atoms with Gasteiger partial charge in [-0.25, -0.2) is 0 Å². The van der Waals surface area contributed by atoms with E-state index >= 15 is 0 Å². The molecule has 5 aliphatic rings. The zero-order valence-electron chi connectivity index (χ0n) is 31.0. The van der Waals surface area contributed by atoms with Crippen LogP contribution in [0.1, 0.15) is 82.1 Å². The minimum atomic E-state index is -0.625. The monoisotopic (exact) mass is 741 g/mol. The van der Waals surface area contributed by atoms with Gasteiger partial charge in [-0.2, -0.15) is 0 Å². The smallest absolute Gasteiger partial charge is 0.255 e. The van der Waals surface area contributed by atoms with Gasteiger partial charge in [0.15, 0.2) is 0 Å². The number of amides is 3. The number of carbonyl (C=O) groups excluding carboxylic acids is 3. The summed E-state index contributed by atoms with van der Waals surface area (Å²) < 4.78 is 18.3. The first-order valence-electron chi connectivity index (χ1n) is 19.6.